The van der Waals surface area contributed by atoms with Crippen molar-refractivity contribution in [1.82, 2.24) is 15.2 Å². The van der Waals surface area contributed by atoms with Gasteiger partial charge in [-0.05, 0) is 51.1 Å². The minimum atomic E-state index is -4.21. The van der Waals surface area contributed by atoms with Gasteiger partial charge in [-0.25, -0.2) is 4.39 Å². The molecule has 0 spiro atoms. The first-order chi connectivity index (χ1) is 14.2. The molecule has 1 aliphatic heterocycles. The van der Waals surface area contributed by atoms with E-state index in [1.165, 1.54) is 18.1 Å². The smallest absolute Gasteiger partial charge is 0.391 e. The Morgan fingerprint density at radius 2 is 1.93 bits per heavy atom. The molecule has 1 aromatic heterocycles. The molecule has 2 aliphatic rings. The van der Waals surface area contributed by atoms with Gasteiger partial charge in [-0.3, -0.25) is 4.79 Å². The van der Waals surface area contributed by atoms with E-state index in [-0.39, 0.29) is 55.9 Å². The van der Waals surface area contributed by atoms with Crippen LogP contribution in [0.3, 0.4) is 0 Å². The average molecular weight is 433 g/mol. The number of aromatic nitrogens is 1. The maximum atomic E-state index is 14.6. The number of likely N-dealkylation sites (N-methyl/N-ethyl adjacent to an activating group) is 1. The molecule has 1 atom stereocenters. The van der Waals surface area contributed by atoms with Crippen LogP contribution in [0.1, 0.15) is 44.1 Å². The van der Waals surface area contributed by atoms with Crippen LogP contribution in [0.25, 0.3) is 0 Å². The molecule has 1 aromatic rings. The number of hydrogen-bond acceptors (Lipinski definition) is 5. The summed E-state index contributed by atoms with van der Waals surface area (Å²) in [6.45, 7) is 0.905. The van der Waals surface area contributed by atoms with E-state index in [1.54, 1.807) is 7.05 Å². The number of pyridine rings is 1. The topological polar surface area (TPSA) is 63.7 Å². The fourth-order valence-corrected chi connectivity index (χ4v) is 4.03. The van der Waals surface area contributed by atoms with Gasteiger partial charge in [-0.15, -0.1) is 0 Å². The number of carbonyl (C=O) groups excluding carboxylic acids is 1. The molecule has 1 amide bonds. The molecule has 0 radical (unpaired) electrons. The van der Waals surface area contributed by atoms with Crippen molar-refractivity contribution in [3.8, 4) is 11.8 Å². The zero-order valence-corrected chi connectivity index (χ0v) is 17.1. The summed E-state index contributed by atoms with van der Waals surface area (Å²) in [5.41, 5.74) is 0.386. The van der Waals surface area contributed by atoms with Gasteiger partial charge < -0.3 is 19.7 Å². The van der Waals surface area contributed by atoms with E-state index < -0.39 is 24.0 Å². The highest BCUT2D eigenvalue weighted by atomic mass is 19.4. The maximum absolute atomic E-state index is 14.6. The number of methoxy groups -OCH3 is 1. The summed E-state index contributed by atoms with van der Waals surface area (Å²) in [5, 5.41) is 3.13. The Hall–Kier alpha value is -2.10. The Labute approximate surface area is 172 Å². The minimum absolute atomic E-state index is 0.0485. The molecule has 10 heteroatoms. The lowest BCUT2D eigenvalue weighted by atomic mass is 9.87. The van der Waals surface area contributed by atoms with Crippen molar-refractivity contribution in [3.05, 3.63) is 17.4 Å². The second-order valence-corrected chi connectivity index (χ2v) is 7.92. The first-order valence-corrected chi connectivity index (χ1v) is 10.1. The molecule has 6 nitrogen and oxygen atoms in total. The number of ether oxygens (including phenoxy) is 2. The van der Waals surface area contributed by atoms with E-state index in [0.29, 0.717) is 5.56 Å². The number of hydrogen-bond donors (Lipinski definition) is 1. The number of carbonyl (C=O) groups is 1. The molecule has 1 N–H and O–H groups in total. The Kier molecular flexibility index (Phi) is 7.05. The second kappa shape index (κ2) is 9.36. The molecule has 1 aliphatic carbocycles. The minimum Gasteiger partial charge on any atom is -0.481 e. The van der Waals surface area contributed by atoms with Crippen LogP contribution in [0, 0.1) is 11.7 Å². The Balaban J connectivity index is 1.64. The predicted octanol–water partition coefficient (Wildman–Crippen LogP) is 3.44. The normalized spacial score (nSPS) is 24.5. The molecular formula is C20H27F4N3O3. The molecule has 2 heterocycles. The van der Waals surface area contributed by atoms with Crippen LogP contribution in [0.4, 0.5) is 17.6 Å². The van der Waals surface area contributed by atoms with Crippen LogP contribution < -0.4 is 14.8 Å². The zero-order valence-electron chi connectivity index (χ0n) is 17.1. The second-order valence-electron chi connectivity index (χ2n) is 7.92. The van der Waals surface area contributed by atoms with E-state index in [4.69, 9.17) is 9.47 Å². The van der Waals surface area contributed by atoms with Crippen molar-refractivity contribution >= 4 is 5.91 Å². The summed E-state index contributed by atoms with van der Waals surface area (Å²) >= 11 is 0. The van der Waals surface area contributed by atoms with Crippen molar-refractivity contribution in [3.63, 3.8) is 0 Å². The number of halogens is 4. The quantitative estimate of drug-likeness (QED) is 0.697. The first kappa shape index (κ1) is 22.6. The molecular weight excluding hydrogens is 406 g/mol. The number of alkyl halides is 3. The van der Waals surface area contributed by atoms with Crippen LogP contribution >= 0.6 is 0 Å². The molecule has 0 bridgehead atoms. The van der Waals surface area contributed by atoms with E-state index in [1.807, 2.05) is 0 Å². The Morgan fingerprint density at radius 3 is 2.50 bits per heavy atom. The molecule has 0 unspecified atom stereocenters. The van der Waals surface area contributed by atoms with Crippen LogP contribution in [0.15, 0.2) is 6.07 Å². The van der Waals surface area contributed by atoms with Gasteiger partial charge in [0.05, 0.1) is 25.6 Å². The van der Waals surface area contributed by atoms with Gasteiger partial charge in [-0.1, -0.05) is 0 Å². The number of amides is 1. The Bertz CT molecular complexity index is 746. The fourth-order valence-electron chi connectivity index (χ4n) is 4.03. The number of nitrogens with zero attached hydrogens (tertiary/aromatic N) is 2. The molecule has 0 aromatic carbocycles. The monoisotopic (exact) mass is 433 g/mol. The summed E-state index contributed by atoms with van der Waals surface area (Å²) in [5.74, 6) is -2.33. The van der Waals surface area contributed by atoms with Crippen LogP contribution in [0.2, 0.25) is 0 Å². The number of rotatable bonds is 6. The van der Waals surface area contributed by atoms with Gasteiger partial charge >= 0.3 is 6.18 Å². The largest absolute Gasteiger partial charge is 0.481 e. The summed E-state index contributed by atoms with van der Waals surface area (Å²) in [7, 11) is 3.01. The molecule has 168 valence electrons. The predicted molar refractivity (Wildman–Crippen MR) is 101 cm³/mol. The lowest BCUT2D eigenvalue weighted by molar-refractivity contribution is -0.185. The fraction of sp³-hybridized carbons (Fsp3) is 0.700. The van der Waals surface area contributed by atoms with E-state index in [9.17, 15) is 22.4 Å². The van der Waals surface area contributed by atoms with Crippen LogP contribution in [0.5, 0.6) is 11.8 Å². The van der Waals surface area contributed by atoms with E-state index >= 15 is 0 Å². The molecule has 1 saturated heterocycles. The molecule has 1 saturated carbocycles. The SMILES string of the molecule is COc1nc(OC2CCC(C(F)(F)F)CC2)c(F)cc1CN(C)C(=O)[C@@H]1CCCN1. The summed E-state index contributed by atoms with van der Waals surface area (Å²) in [6.07, 6.45) is -2.78. The zero-order chi connectivity index (χ0) is 21.9. The maximum Gasteiger partial charge on any atom is 0.391 e. The highest BCUT2D eigenvalue weighted by Crippen LogP contribution is 2.38. The summed E-state index contributed by atoms with van der Waals surface area (Å²) in [6, 6.07) is 0.960. The third-order valence-electron chi connectivity index (χ3n) is 5.73. The van der Waals surface area contributed by atoms with Gasteiger partial charge in [0.25, 0.3) is 5.88 Å². The third-order valence-corrected chi connectivity index (χ3v) is 5.73. The molecule has 30 heavy (non-hydrogen) atoms. The molecule has 2 fully saturated rings. The lowest BCUT2D eigenvalue weighted by Gasteiger charge is -2.30. The van der Waals surface area contributed by atoms with E-state index in [2.05, 4.69) is 10.3 Å². The van der Waals surface area contributed by atoms with Crippen molar-refractivity contribution in [2.24, 2.45) is 5.92 Å². The summed E-state index contributed by atoms with van der Waals surface area (Å²) in [4.78, 5) is 18.0. The van der Waals surface area contributed by atoms with Crippen molar-refractivity contribution in [2.45, 2.75) is 63.4 Å². The third kappa shape index (κ3) is 5.33. The van der Waals surface area contributed by atoms with Gasteiger partial charge in [0.1, 0.15) is 6.10 Å². The Morgan fingerprint density at radius 1 is 1.23 bits per heavy atom. The van der Waals surface area contributed by atoms with Gasteiger partial charge in [0, 0.05) is 12.6 Å². The van der Waals surface area contributed by atoms with Crippen molar-refractivity contribution in [1.29, 1.82) is 0 Å². The van der Waals surface area contributed by atoms with Gasteiger partial charge in [0.2, 0.25) is 11.8 Å². The van der Waals surface area contributed by atoms with Crippen LogP contribution in [-0.2, 0) is 11.3 Å². The number of nitrogens with one attached hydrogen (secondary N) is 1. The van der Waals surface area contributed by atoms with Gasteiger partial charge in [0.15, 0.2) is 5.82 Å². The van der Waals surface area contributed by atoms with Crippen molar-refractivity contribution < 1.29 is 31.8 Å². The molecule has 3 rings (SSSR count). The summed E-state index contributed by atoms with van der Waals surface area (Å²) < 4.78 is 63.8. The average Bonchev–Trinajstić information content (AvgIpc) is 3.23. The van der Waals surface area contributed by atoms with Crippen molar-refractivity contribution in [2.75, 3.05) is 20.7 Å². The van der Waals surface area contributed by atoms with E-state index in [0.717, 1.165) is 19.4 Å². The lowest BCUT2D eigenvalue weighted by Crippen LogP contribution is -2.41. The standard InChI is InChI=1S/C20H27F4N3O3/c1-27(19(28)16-4-3-9-25-16)11-12-10-15(21)18(26-17(12)29-2)30-14-7-5-13(6-8-14)20(22,23)24/h10,13-14,16,25H,3-9,11H2,1-2H3/t13?,14?,16-/m0/s1. The highest BCUT2D eigenvalue weighted by molar-refractivity contribution is 5.82. The first-order valence-electron chi connectivity index (χ1n) is 10.1. The van der Waals surface area contributed by atoms with Gasteiger partial charge in [-0.2, -0.15) is 18.2 Å². The highest BCUT2D eigenvalue weighted by Gasteiger charge is 2.42. The van der Waals surface area contributed by atoms with Crippen LogP contribution in [-0.4, -0.2) is 54.8 Å².